The first-order valence-corrected chi connectivity index (χ1v) is 17.3. The molecule has 1 fully saturated rings. The van der Waals surface area contributed by atoms with Gasteiger partial charge in [0.15, 0.2) is 0 Å². The Morgan fingerprint density at radius 2 is 1.00 bits per heavy atom. The maximum atomic E-state index is 12.7. The lowest BCUT2D eigenvalue weighted by molar-refractivity contribution is -0.926. The minimum Gasteiger partial charge on any atom is -0.331 e. The van der Waals surface area contributed by atoms with Gasteiger partial charge in [0.25, 0.3) is 0 Å². The van der Waals surface area contributed by atoms with Gasteiger partial charge in [-0.05, 0) is 6.42 Å². The minimum absolute atomic E-state index is 0.388. The van der Waals surface area contributed by atoms with Gasteiger partial charge < -0.3 is 9.38 Å². The van der Waals surface area contributed by atoms with Crippen LogP contribution in [0.3, 0.4) is 0 Å². The highest BCUT2D eigenvalue weighted by molar-refractivity contribution is 5.76. The lowest BCUT2D eigenvalue weighted by Gasteiger charge is -2.42. The Labute approximate surface area is 243 Å². The third kappa shape index (κ3) is 17.2. The molecule has 0 spiro atoms. The summed E-state index contributed by atoms with van der Waals surface area (Å²) >= 11 is 0. The second kappa shape index (κ2) is 22.4. The maximum absolute atomic E-state index is 12.7. The number of amides is 1. The zero-order chi connectivity index (χ0) is 27.9. The molecule has 0 bridgehead atoms. The van der Waals surface area contributed by atoms with Gasteiger partial charge in [-0.3, -0.25) is 4.79 Å². The van der Waals surface area contributed by atoms with Crippen molar-refractivity contribution in [2.75, 3.05) is 33.2 Å². The SMILES string of the molecule is CCCCCCCCCCCCCCCCCCCCCCCC(=O)N1CC[N+](C)(Cc2ccccc2)CC1. The highest BCUT2D eigenvalue weighted by atomic mass is 16.2. The molecule has 0 unspecified atom stereocenters. The molecule has 0 N–H and O–H groups in total. The van der Waals surface area contributed by atoms with Crippen molar-refractivity contribution in [3.63, 3.8) is 0 Å². The lowest BCUT2D eigenvalue weighted by Crippen LogP contribution is -2.57. The Morgan fingerprint density at radius 3 is 1.41 bits per heavy atom. The molecule has 1 aromatic rings. The van der Waals surface area contributed by atoms with Gasteiger partial charge in [-0.15, -0.1) is 0 Å². The zero-order valence-corrected chi connectivity index (χ0v) is 26.3. The van der Waals surface area contributed by atoms with Crippen molar-refractivity contribution in [2.24, 2.45) is 0 Å². The van der Waals surface area contributed by atoms with E-state index in [1.165, 1.54) is 134 Å². The fourth-order valence-corrected chi connectivity index (χ4v) is 6.25. The highest BCUT2D eigenvalue weighted by Gasteiger charge is 2.30. The van der Waals surface area contributed by atoms with Crippen LogP contribution in [0.1, 0.15) is 154 Å². The van der Waals surface area contributed by atoms with Crippen molar-refractivity contribution >= 4 is 5.91 Å². The fourth-order valence-electron chi connectivity index (χ4n) is 6.25. The summed E-state index contributed by atoms with van der Waals surface area (Å²) in [4.78, 5) is 14.8. The summed E-state index contributed by atoms with van der Waals surface area (Å²) in [6, 6.07) is 10.8. The number of quaternary nitrogens is 1. The Kier molecular flexibility index (Phi) is 19.4. The average molecular weight is 542 g/mol. The van der Waals surface area contributed by atoms with Crippen LogP contribution in [0.15, 0.2) is 30.3 Å². The van der Waals surface area contributed by atoms with Crippen LogP contribution in [0.25, 0.3) is 0 Å². The van der Waals surface area contributed by atoms with Gasteiger partial charge >= 0.3 is 0 Å². The molecule has 3 heteroatoms. The predicted octanol–water partition coefficient (Wildman–Crippen LogP) is 10.1. The van der Waals surface area contributed by atoms with Gasteiger partial charge in [-0.1, -0.05) is 166 Å². The second-order valence-corrected chi connectivity index (χ2v) is 12.9. The van der Waals surface area contributed by atoms with E-state index in [-0.39, 0.29) is 0 Å². The number of piperazine rings is 1. The number of likely N-dealkylation sites (N-methyl/N-ethyl adjacent to an activating group) is 1. The maximum Gasteiger partial charge on any atom is 0.222 e. The summed E-state index contributed by atoms with van der Waals surface area (Å²) in [6.07, 6.45) is 30.2. The Morgan fingerprint density at radius 1 is 0.615 bits per heavy atom. The third-order valence-electron chi connectivity index (χ3n) is 9.07. The molecule has 0 atom stereocenters. The lowest BCUT2D eigenvalue weighted by atomic mass is 10.0. The van der Waals surface area contributed by atoms with Gasteiger partial charge in [0.1, 0.15) is 6.54 Å². The van der Waals surface area contributed by atoms with Gasteiger partial charge in [-0.2, -0.15) is 0 Å². The van der Waals surface area contributed by atoms with Crippen molar-refractivity contribution < 1.29 is 9.28 Å². The van der Waals surface area contributed by atoms with Crippen molar-refractivity contribution in [1.29, 1.82) is 0 Å². The summed E-state index contributed by atoms with van der Waals surface area (Å²) in [5, 5.41) is 0. The van der Waals surface area contributed by atoms with E-state index >= 15 is 0 Å². The quantitative estimate of drug-likeness (QED) is 0.0941. The van der Waals surface area contributed by atoms with Crippen LogP contribution in [0.2, 0.25) is 0 Å². The number of nitrogens with zero attached hydrogens (tertiary/aromatic N) is 2. The molecule has 0 aromatic heterocycles. The highest BCUT2D eigenvalue weighted by Crippen LogP contribution is 2.18. The first-order chi connectivity index (χ1) is 19.1. The minimum atomic E-state index is 0.388. The fraction of sp³-hybridized carbons (Fsp3) is 0.806. The van der Waals surface area contributed by atoms with E-state index in [4.69, 9.17) is 0 Å². The molecule has 0 aliphatic carbocycles. The van der Waals surface area contributed by atoms with Crippen LogP contribution < -0.4 is 0 Å². The van der Waals surface area contributed by atoms with Gasteiger partial charge in [0, 0.05) is 12.0 Å². The molecular weight excluding hydrogens is 476 g/mol. The molecule has 39 heavy (non-hydrogen) atoms. The largest absolute Gasteiger partial charge is 0.331 e. The number of hydrogen-bond acceptors (Lipinski definition) is 1. The van der Waals surface area contributed by atoms with E-state index in [0.717, 1.165) is 50.0 Å². The van der Waals surface area contributed by atoms with Crippen LogP contribution in [0.4, 0.5) is 0 Å². The molecule has 1 saturated heterocycles. The monoisotopic (exact) mass is 542 g/mol. The molecule has 1 amide bonds. The first-order valence-electron chi connectivity index (χ1n) is 17.3. The molecule has 1 aromatic carbocycles. The Bertz CT molecular complexity index is 695. The van der Waals surface area contributed by atoms with Gasteiger partial charge in [0.2, 0.25) is 5.91 Å². The number of hydrogen-bond donors (Lipinski definition) is 0. The molecule has 1 aliphatic rings. The van der Waals surface area contributed by atoms with E-state index in [9.17, 15) is 4.79 Å². The first kappa shape index (κ1) is 33.9. The van der Waals surface area contributed by atoms with Crippen molar-refractivity contribution in [3.8, 4) is 0 Å². The molecule has 3 nitrogen and oxygen atoms in total. The Hall–Kier alpha value is -1.35. The third-order valence-corrected chi connectivity index (χ3v) is 9.07. The summed E-state index contributed by atoms with van der Waals surface area (Å²) < 4.78 is 1.05. The van der Waals surface area contributed by atoms with Crippen LogP contribution in [-0.2, 0) is 11.3 Å². The topological polar surface area (TPSA) is 20.3 Å². The summed E-state index contributed by atoms with van der Waals surface area (Å²) in [5.41, 5.74) is 1.40. The van der Waals surface area contributed by atoms with Gasteiger partial charge in [0.05, 0.1) is 33.2 Å². The van der Waals surface area contributed by atoms with E-state index in [2.05, 4.69) is 49.2 Å². The molecule has 224 valence electrons. The smallest absolute Gasteiger partial charge is 0.222 e. The normalized spacial score (nSPS) is 15.1. The van der Waals surface area contributed by atoms with E-state index in [1.54, 1.807) is 0 Å². The Balaban J connectivity index is 1.30. The van der Waals surface area contributed by atoms with Gasteiger partial charge in [-0.25, -0.2) is 0 Å². The number of rotatable bonds is 24. The number of carbonyl (C=O) groups excluding carboxylic acids is 1. The summed E-state index contributed by atoms with van der Waals surface area (Å²) in [7, 11) is 2.34. The molecular formula is C36H65N2O+. The van der Waals surface area contributed by atoms with Crippen LogP contribution >= 0.6 is 0 Å². The predicted molar refractivity (Wildman–Crippen MR) is 170 cm³/mol. The molecule has 0 saturated carbocycles. The van der Waals surface area contributed by atoms with E-state index in [1.807, 2.05) is 0 Å². The summed E-state index contributed by atoms with van der Waals surface area (Å²) in [5.74, 6) is 0.388. The molecule has 1 heterocycles. The zero-order valence-electron chi connectivity index (χ0n) is 26.3. The van der Waals surface area contributed by atoms with Crippen LogP contribution in [0, 0.1) is 0 Å². The molecule has 0 radical (unpaired) electrons. The summed E-state index contributed by atoms with van der Waals surface area (Å²) in [6.45, 7) is 7.34. The average Bonchev–Trinajstić information content (AvgIpc) is 2.94. The second-order valence-electron chi connectivity index (χ2n) is 12.9. The molecule has 1 aliphatic heterocycles. The molecule has 2 rings (SSSR count). The number of carbonyl (C=O) groups is 1. The van der Waals surface area contributed by atoms with E-state index in [0.29, 0.717) is 5.91 Å². The standard InChI is InChI=1S/C36H65N2O/c1-3-4-5-6-7-8-9-10-11-12-13-14-15-16-17-18-19-20-21-22-26-29-36(39)37-30-32-38(2,33-31-37)34-35-27-24-23-25-28-35/h23-25,27-28H,3-22,26,29-34H2,1-2H3/q+1. The van der Waals surface area contributed by atoms with E-state index < -0.39 is 0 Å². The van der Waals surface area contributed by atoms with Crippen LogP contribution in [-0.4, -0.2) is 48.5 Å². The number of benzene rings is 1. The van der Waals surface area contributed by atoms with Crippen molar-refractivity contribution in [3.05, 3.63) is 35.9 Å². The van der Waals surface area contributed by atoms with Crippen LogP contribution in [0.5, 0.6) is 0 Å². The number of unbranched alkanes of at least 4 members (excludes halogenated alkanes) is 20. The van der Waals surface area contributed by atoms with Crippen molar-refractivity contribution in [1.82, 2.24) is 4.90 Å². The van der Waals surface area contributed by atoms with Crippen molar-refractivity contribution in [2.45, 2.75) is 155 Å².